The van der Waals surface area contributed by atoms with Crippen LogP contribution in [0.25, 0.3) is 11.4 Å². The largest absolute Gasteiger partial charge is 0.494 e. The monoisotopic (exact) mass is 254 g/mol. The van der Waals surface area contributed by atoms with Gasteiger partial charge in [0, 0.05) is 11.6 Å². The number of nitriles is 1. The zero-order valence-corrected chi connectivity index (χ0v) is 10.8. The standard InChI is InChI=1S/C14H14N4O/c1-3-19-12-5-4-10(6-9(12)2)14-17-11(8-15)7-13(16)18-14/h4-7H,3H2,1-2H3,(H2,16,17,18). The molecule has 1 aromatic carbocycles. The summed E-state index contributed by atoms with van der Waals surface area (Å²) in [7, 11) is 0. The summed E-state index contributed by atoms with van der Waals surface area (Å²) in [5.41, 5.74) is 7.72. The van der Waals surface area contributed by atoms with Crippen molar-refractivity contribution in [2.75, 3.05) is 12.3 Å². The van der Waals surface area contributed by atoms with E-state index in [4.69, 9.17) is 15.7 Å². The molecule has 0 aliphatic carbocycles. The second-order valence-corrected chi connectivity index (χ2v) is 4.03. The number of nitrogens with zero attached hydrogens (tertiary/aromatic N) is 3. The van der Waals surface area contributed by atoms with E-state index in [-0.39, 0.29) is 11.5 Å². The highest BCUT2D eigenvalue weighted by molar-refractivity contribution is 5.60. The SMILES string of the molecule is CCOc1ccc(-c2nc(N)cc(C#N)n2)cc1C. The Morgan fingerprint density at radius 3 is 2.74 bits per heavy atom. The van der Waals surface area contributed by atoms with E-state index < -0.39 is 0 Å². The lowest BCUT2D eigenvalue weighted by Gasteiger charge is -2.08. The molecule has 0 fully saturated rings. The molecule has 0 atom stereocenters. The maximum Gasteiger partial charge on any atom is 0.162 e. The smallest absolute Gasteiger partial charge is 0.162 e. The molecule has 0 spiro atoms. The number of rotatable bonds is 3. The highest BCUT2D eigenvalue weighted by atomic mass is 16.5. The van der Waals surface area contributed by atoms with Gasteiger partial charge in [0.2, 0.25) is 0 Å². The van der Waals surface area contributed by atoms with E-state index in [1.54, 1.807) is 0 Å². The molecule has 1 heterocycles. The Labute approximate surface area is 111 Å². The van der Waals surface area contributed by atoms with Gasteiger partial charge in [0.25, 0.3) is 0 Å². The van der Waals surface area contributed by atoms with Crippen molar-refractivity contribution in [3.8, 4) is 23.2 Å². The molecular weight excluding hydrogens is 240 g/mol. The first-order valence-corrected chi connectivity index (χ1v) is 5.92. The van der Waals surface area contributed by atoms with Crippen LogP contribution in [0.1, 0.15) is 18.2 Å². The van der Waals surface area contributed by atoms with Crippen LogP contribution in [-0.4, -0.2) is 16.6 Å². The summed E-state index contributed by atoms with van der Waals surface area (Å²) in [4.78, 5) is 8.29. The Kier molecular flexibility index (Phi) is 3.62. The molecule has 2 rings (SSSR count). The van der Waals surface area contributed by atoms with E-state index in [1.807, 2.05) is 38.1 Å². The third-order valence-electron chi connectivity index (χ3n) is 2.59. The zero-order valence-electron chi connectivity index (χ0n) is 10.8. The molecular formula is C14H14N4O. The highest BCUT2D eigenvalue weighted by Gasteiger charge is 2.07. The van der Waals surface area contributed by atoms with Crippen LogP contribution in [0, 0.1) is 18.3 Å². The molecule has 0 saturated carbocycles. The van der Waals surface area contributed by atoms with Gasteiger partial charge in [-0.3, -0.25) is 0 Å². The first kappa shape index (κ1) is 12.8. The lowest BCUT2D eigenvalue weighted by Crippen LogP contribution is -1.99. The van der Waals surface area contributed by atoms with E-state index in [0.29, 0.717) is 12.4 Å². The Morgan fingerprint density at radius 1 is 1.32 bits per heavy atom. The van der Waals surface area contributed by atoms with Gasteiger partial charge in [-0.2, -0.15) is 5.26 Å². The number of nitrogen functional groups attached to an aromatic ring is 1. The van der Waals surface area contributed by atoms with Crippen LogP contribution in [0.2, 0.25) is 0 Å². The number of hydrogen-bond acceptors (Lipinski definition) is 5. The third kappa shape index (κ3) is 2.80. The Morgan fingerprint density at radius 2 is 2.11 bits per heavy atom. The number of benzene rings is 1. The lowest BCUT2D eigenvalue weighted by molar-refractivity contribution is 0.338. The minimum Gasteiger partial charge on any atom is -0.494 e. The van der Waals surface area contributed by atoms with Crippen molar-refractivity contribution < 1.29 is 4.74 Å². The van der Waals surface area contributed by atoms with Crippen LogP contribution in [-0.2, 0) is 0 Å². The Bertz CT molecular complexity index is 646. The van der Waals surface area contributed by atoms with Crippen molar-refractivity contribution in [1.29, 1.82) is 5.26 Å². The van der Waals surface area contributed by atoms with Crippen LogP contribution in [0.3, 0.4) is 0 Å². The molecule has 2 N–H and O–H groups in total. The second-order valence-electron chi connectivity index (χ2n) is 4.03. The van der Waals surface area contributed by atoms with Gasteiger partial charge in [0.15, 0.2) is 5.82 Å². The van der Waals surface area contributed by atoms with Gasteiger partial charge >= 0.3 is 0 Å². The van der Waals surface area contributed by atoms with Crippen LogP contribution in [0.5, 0.6) is 5.75 Å². The van der Waals surface area contributed by atoms with Gasteiger partial charge in [-0.05, 0) is 37.6 Å². The average molecular weight is 254 g/mol. The van der Waals surface area contributed by atoms with Crippen LogP contribution >= 0.6 is 0 Å². The van der Waals surface area contributed by atoms with Crippen LogP contribution in [0.15, 0.2) is 24.3 Å². The first-order chi connectivity index (χ1) is 9.13. The maximum atomic E-state index is 8.89. The van der Waals surface area contributed by atoms with E-state index in [2.05, 4.69) is 9.97 Å². The maximum absolute atomic E-state index is 8.89. The molecule has 5 nitrogen and oxygen atoms in total. The summed E-state index contributed by atoms with van der Waals surface area (Å²) in [6.07, 6.45) is 0. The predicted octanol–water partition coefficient (Wildman–Crippen LogP) is 2.30. The number of anilines is 1. The molecule has 96 valence electrons. The van der Waals surface area contributed by atoms with E-state index in [0.717, 1.165) is 16.9 Å². The fourth-order valence-electron chi connectivity index (χ4n) is 1.76. The Hall–Kier alpha value is -2.61. The molecule has 0 aliphatic heterocycles. The van der Waals surface area contributed by atoms with E-state index in [9.17, 15) is 0 Å². The van der Waals surface area contributed by atoms with Crippen LogP contribution < -0.4 is 10.5 Å². The first-order valence-electron chi connectivity index (χ1n) is 5.92. The van der Waals surface area contributed by atoms with Crippen molar-refractivity contribution in [2.24, 2.45) is 0 Å². The van der Waals surface area contributed by atoms with Gasteiger partial charge < -0.3 is 10.5 Å². The lowest BCUT2D eigenvalue weighted by atomic mass is 10.1. The topological polar surface area (TPSA) is 84.8 Å². The zero-order chi connectivity index (χ0) is 13.8. The van der Waals surface area contributed by atoms with Crippen molar-refractivity contribution in [3.63, 3.8) is 0 Å². The van der Waals surface area contributed by atoms with Crippen molar-refractivity contribution >= 4 is 5.82 Å². The average Bonchev–Trinajstić information content (AvgIpc) is 2.40. The summed E-state index contributed by atoms with van der Waals surface area (Å²) in [5, 5.41) is 8.89. The summed E-state index contributed by atoms with van der Waals surface area (Å²) in [5.74, 6) is 1.56. The molecule has 0 aliphatic rings. The molecule has 2 aromatic rings. The fourth-order valence-corrected chi connectivity index (χ4v) is 1.76. The fraction of sp³-hybridized carbons (Fsp3) is 0.214. The number of aryl methyl sites for hydroxylation is 1. The molecule has 0 bridgehead atoms. The molecule has 0 saturated heterocycles. The molecule has 19 heavy (non-hydrogen) atoms. The van der Waals surface area contributed by atoms with Crippen molar-refractivity contribution in [1.82, 2.24) is 9.97 Å². The summed E-state index contributed by atoms with van der Waals surface area (Å²) in [6, 6.07) is 9.06. The molecule has 5 heteroatoms. The van der Waals surface area contributed by atoms with Crippen molar-refractivity contribution in [3.05, 3.63) is 35.5 Å². The van der Waals surface area contributed by atoms with Gasteiger partial charge in [-0.1, -0.05) is 0 Å². The summed E-state index contributed by atoms with van der Waals surface area (Å²) >= 11 is 0. The van der Waals surface area contributed by atoms with Gasteiger partial charge in [0.1, 0.15) is 23.3 Å². The third-order valence-corrected chi connectivity index (χ3v) is 2.59. The van der Waals surface area contributed by atoms with E-state index >= 15 is 0 Å². The summed E-state index contributed by atoms with van der Waals surface area (Å²) in [6.45, 7) is 4.51. The van der Waals surface area contributed by atoms with Crippen molar-refractivity contribution in [2.45, 2.75) is 13.8 Å². The predicted molar refractivity (Wildman–Crippen MR) is 72.5 cm³/mol. The minimum atomic E-state index is 0.258. The van der Waals surface area contributed by atoms with Gasteiger partial charge in [0.05, 0.1) is 6.61 Å². The molecule has 0 unspecified atom stereocenters. The minimum absolute atomic E-state index is 0.258. The van der Waals surface area contributed by atoms with Gasteiger partial charge in [-0.25, -0.2) is 9.97 Å². The number of ether oxygens (including phenoxy) is 1. The molecule has 0 radical (unpaired) electrons. The second kappa shape index (κ2) is 5.36. The molecule has 0 amide bonds. The highest BCUT2D eigenvalue weighted by Crippen LogP contribution is 2.24. The number of nitrogens with two attached hydrogens (primary N) is 1. The normalized spacial score (nSPS) is 9.95. The Balaban J connectivity index is 2.45. The number of aromatic nitrogens is 2. The van der Waals surface area contributed by atoms with E-state index in [1.165, 1.54) is 6.07 Å². The molecule has 1 aromatic heterocycles. The van der Waals surface area contributed by atoms with Gasteiger partial charge in [-0.15, -0.1) is 0 Å². The number of hydrogen-bond donors (Lipinski definition) is 1. The van der Waals surface area contributed by atoms with Crippen LogP contribution in [0.4, 0.5) is 5.82 Å². The quantitative estimate of drug-likeness (QED) is 0.908. The summed E-state index contributed by atoms with van der Waals surface area (Å²) < 4.78 is 5.48.